The standard InChI is InChI=1S/C37H35N3O6S/c41-27-40(39-25-32-8-4-5-22-38-32)33-9-6-7-29(23-33)13-12-28-14-20-36(21-15-28)47(44,45)26-31(24-37(42)43)30-16-18-35(19-17-30)46-34-10-2-1-3-11-34/h1-11,14-23,27,31,39H,12-13,24-26H2,(H,42,43). The molecule has 1 aromatic heterocycles. The van der Waals surface area contributed by atoms with Crippen LogP contribution < -0.4 is 15.2 Å². The Morgan fingerprint density at radius 1 is 0.830 bits per heavy atom. The average Bonchev–Trinajstić information content (AvgIpc) is 3.09. The molecule has 1 amide bonds. The second kappa shape index (κ2) is 15.8. The van der Waals surface area contributed by atoms with Gasteiger partial charge in [-0.2, -0.15) is 0 Å². The lowest BCUT2D eigenvalue weighted by Crippen LogP contribution is -2.36. The molecule has 0 radical (unpaired) electrons. The number of benzene rings is 4. The van der Waals surface area contributed by atoms with Crippen LogP contribution in [0.2, 0.25) is 0 Å². The van der Waals surface area contributed by atoms with E-state index in [1.165, 1.54) is 5.01 Å². The number of hydrogen-bond acceptors (Lipinski definition) is 7. The Kier molecular flexibility index (Phi) is 11.1. The SMILES string of the molecule is O=CN(NCc1ccccn1)c1cccc(CCc2ccc(S(=O)(=O)CC(CC(=O)O)c3ccc(Oc4ccccc4)cc3)cc2)c1. The van der Waals surface area contributed by atoms with Gasteiger partial charge in [0.2, 0.25) is 6.41 Å². The number of hydrogen-bond donors (Lipinski definition) is 2. The minimum Gasteiger partial charge on any atom is -0.481 e. The van der Waals surface area contributed by atoms with Gasteiger partial charge in [0.25, 0.3) is 0 Å². The van der Waals surface area contributed by atoms with Crippen molar-refractivity contribution in [3.8, 4) is 11.5 Å². The topological polar surface area (TPSA) is 126 Å². The third-order valence-electron chi connectivity index (χ3n) is 7.61. The summed E-state index contributed by atoms with van der Waals surface area (Å²) >= 11 is 0. The molecule has 0 bridgehead atoms. The smallest absolute Gasteiger partial charge is 0.303 e. The number of rotatable bonds is 16. The lowest BCUT2D eigenvalue weighted by Gasteiger charge is -2.19. The molecule has 0 aliphatic carbocycles. The summed E-state index contributed by atoms with van der Waals surface area (Å²) in [5, 5.41) is 11.0. The summed E-state index contributed by atoms with van der Waals surface area (Å²) in [7, 11) is -3.78. The number of carboxylic acids is 1. The van der Waals surface area contributed by atoms with E-state index in [1.54, 1.807) is 54.7 Å². The Morgan fingerprint density at radius 3 is 2.21 bits per heavy atom. The van der Waals surface area contributed by atoms with E-state index in [9.17, 15) is 23.1 Å². The van der Waals surface area contributed by atoms with Crippen LogP contribution in [-0.4, -0.2) is 36.6 Å². The fourth-order valence-corrected chi connectivity index (χ4v) is 6.73. The molecule has 0 spiro atoms. The van der Waals surface area contributed by atoms with Crippen LogP contribution in [0.1, 0.15) is 34.7 Å². The fraction of sp³-hybridized carbons (Fsp3) is 0.162. The van der Waals surface area contributed by atoms with E-state index in [1.807, 2.05) is 72.8 Å². The summed E-state index contributed by atoms with van der Waals surface area (Å²) in [6, 6.07) is 36.0. The number of carbonyl (C=O) groups is 2. The first kappa shape index (κ1) is 33.1. The van der Waals surface area contributed by atoms with Crippen molar-refractivity contribution >= 4 is 27.9 Å². The number of amides is 1. The largest absolute Gasteiger partial charge is 0.481 e. The van der Waals surface area contributed by atoms with Gasteiger partial charge in [-0.15, -0.1) is 0 Å². The second-order valence-electron chi connectivity index (χ2n) is 11.0. The number of pyridine rings is 1. The van der Waals surface area contributed by atoms with Gasteiger partial charge < -0.3 is 9.84 Å². The molecule has 5 aromatic rings. The fourth-order valence-electron chi connectivity index (χ4n) is 5.15. The van der Waals surface area contributed by atoms with Crippen molar-refractivity contribution < 1.29 is 27.9 Å². The molecule has 2 N–H and O–H groups in total. The van der Waals surface area contributed by atoms with Gasteiger partial charge in [0.1, 0.15) is 11.5 Å². The summed E-state index contributed by atoms with van der Waals surface area (Å²) in [6.45, 7) is 0.395. The van der Waals surface area contributed by atoms with Crippen molar-refractivity contribution in [2.75, 3.05) is 10.8 Å². The maximum atomic E-state index is 13.4. The van der Waals surface area contributed by atoms with Crippen molar-refractivity contribution in [1.82, 2.24) is 10.4 Å². The van der Waals surface area contributed by atoms with E-state index in [2.05, 4.69) is 10.4 Å². The molecule has 5 rings (SSSR count). The van der Waals surface area contributed by atoms with Crippen LogP contribution in [0.5, 0.6) is 11.5 Å². The first-order valence-corrected chi connectivity index (χ1v) is 16.8. The number of aryl methyl sites for hydroxylation is 2. The van der Waals surface area contributed by atoms with Crippen LogP contribution in [0.4, 0.5) is 5.69 Å². The Labute approximate surface area is 274 Å². The second-order valence-corrected chi connectivity index (χ2v) is 13.0. The minimum atomic E-state index is -3.78. The zero-order valence-electron chi connectivity index (χ0n) is 25.6. The van der Waals surface area contributed by atoms with Gasteiger partial charge in [-0.3, -0.25) is 14.6 Å². The van der Waals surface area contributed by atoms with Crippen molar-refractivity contribution in [2.24, 2.45) is 0 Å². The maximum absolute atomic E-state index is 13.4. The maximum Gasteiger partial charge on any atom is 0.303 e. The van der Waals surface area contributed by atoms with E-state index in [0.717, 1.165) is 23.2 Å². The number of aliphatic carboxylic acids is 1. The molecule has 240 valence electrons. The van der Waals surface area contributed by atoms with Crippen LogP contribution in [0.25, 0.3) is 0 Å². The van der Waals surface area contributed by atoms with Crippen molar-refractivity contribution in [1.29, 1.82) is 0 Å². The molecular weight excluding hydrogens is 614 g/mol. The summed E-state index contributed by atoms with van der Waals surface area (Å²) in [4.78, 5) is 27.8. The molecule has 1 atom stereocenters. The Hall–Kier alpha value is -5.32. The van der Waals surface area contributed by atoms with Crippen LogP contribution >= 0.6 is 0 Å². The molecule has 9 nitrogen and oxygen atoms in total. The highest BCUT2D eigenvalue weighted by Crippen LogP contribution is 2.29. The number of nitrogens with one attached hydrogen (secondary N) is 1. The zero-order chi connectivity index (χ0) is 33.1. The van der Waals surface area contributed by atoms with Gasteiger partial charge in [-0.25, -0.2) is 18.9 Å². The van der Waals surface area contributed by atoms with E-state index >= 15 is 0 Å². The molecule has 1 unspecified atom stereocenters. The first-order valence-electron chi connectivity index (χ1n) is 15.1. The van der Waals surface area contributed by atoms with Crippen molar-refractivity contribution in [2.45, 2.75) is 36.6 Å². The number of carbonyl (C=O) groups excluding carboxylic acids is 1. The summed E-state index contributed by atoms with van der Waals surface area (Å²) in [5.74, 6) is -0.922. The van der Waals surface area contributed by atoms with Crippen LogP contribution in [0.15, 0.2) is 132 Å². The monoisotopic (exact) mass is 649 g/mol. The Bertz CT molecular complexity index is 1870. The molecule has 0 saturated carbocycles. The van der Waals surface area contributed by atoms with Crippen LogP contribution in [-0.2, 0) is 38.8 Å². The molecule has 4 aromatic carbocycles. The number of para-hydroxylation sites is 1. The molecule has 1 heterocycles. The zero-order valence-corrected chi connectivity index (χ0v) is 26.4. The minimum absolute atomic E-state index is 0.142. The third kappa shape index (κ3) is 9.59. The lowest BCUT2D eigenvalue weighted by molar-refractivity contribution is -0.137. The van der Waals surface area contributed by atoms with Crippen LogP contribution in [0.3, 0.4) is 0 Å². The third-order valence-corrected chi connectivity index (χ3v) is 9.44. The molecular formula is C37H35N3O6S. The number of sulfone groups is 1. The van der Waals surface area contributed by atoms with Gasteiger partial charge in [0.15, 0.2) is 9.84 Å². The van der Waals surface area contributed by atoms with Gasteiger partial charge in [0, 0.05) is 12.1 Å². The number of anilines is 1. The lowest BCUT2D eigenvalue weighted by atomic mass is 9.98. The Balaban J connectivity index is 1.20. The number of carboxylic acid groups (broad SMARTS) is 1. The number of ether oxygens (including phenoxy) is 1. The first-order chi connectivity index (χ1) is 22.8. The normalized spacial score (nSPS) is 11.8. The number of nitrogens with zero attached hydrogens (tertiary/aromatic N) is 2. The summed E-state index contributed by atoms with van der Waals surface area (Å²) in [5.41, 5.74) is 7.15. The van der Waals surface area contributed by atoms with E-state index in [-0.39, 0.29) is 17.1 Å². The van der Waals surface area contributed by atoms with Gasteiger partial charge in [0.05, 0.1) is 35.0 Å². The summed E-state index contributed by atoms with van der Waals surface area (Å²) in [6.07, 6.45) is 3.43. The van der Waals surface area contributed by atoms with Crippen molar-refractivity contribution in [3.05, 3.63) is 150 Å². The van der Waals surface area contributed by atoms with Crippen LogP contribution in [0, 0.1) is 0 Å². The molecule has 47 heavy (non-hydrogen) atoms. The predicted octanol–water partition coefficient (Wildman–Crippen LogP) is 6.36. The molecule has 0 aliphatic rings. The average molecular weight is 650 g/mol. The highest BCUT2D eigenvalue weighted by atomic mass is 32.2. The van der Waals surface area contributed by atoms with Gasteiger partial charge >= 0.3 is 5.97 Å². The quantitative estimate of drug-likeness (QED) is 0.0935. The van der Waals surface area contributed by atoms with Crippen molar-refractivity contribution in [3.63, 3.8) is 0 Å². The van der Waals surface area contributed by atoms with Gasteiger partial charge in [-0.1, -0.05) is 60.7 Å². The molecule has 10 heteroatoms. The highest BCUT2D eigenvalue weighted by Gasteiger charge is 2.25. The van der Waals surface area contributed by atoms with E-state index in [0.29, 0.717) is 42.1 Å². The number of aromatic nitrogens is 1. The molecule has 0 fully saturated rings. The molecule has 0 aliphatic heterocycles. The van der Waals surface area contributed by atoms with Gasteiger partial charge in [-0.05, 0) is 90.2 Å². The highest BCUT2D eigenvalue weighted by molar-refractivity contribution is 7.91. The summed E-state index contributed by atoms with van der Waals surface area (Å²) < 4.78 is 32.6. The predicted molar refractivity (Wildman–Crippen MR) is 180 cm³/mol. The molecule has 0 saturated heterocycles. The van der Waals surface area contributed by atoms with E-state index < -0.39 is 21.7 Å². The van der Waals surface area contributed by atoms with E-state index in [4.69, 9.17) is 4.74 Å². The Morgan fingerprint density at radius 2 is 1.53 bits per heavy atom. The number of hydrazine groups is 1.